The topological polar surface area (TPSA) is 46.5 Å². The molecule has 2 atom stereocenters. The van der Waals surface area contributed by atoms with Crippen LogP contribution in [-0.4, -0.2) is 17.3 Å². The Balaban J connectivity index is 1.76. The summed E-state index contributed by atoms with van der Waals surface area (Å²) in [5.74, 6) is -0.473. The molecular weight excluding hydrogens is 414 g/mol. The van der Waals surface area contributed by atoms with Gasteiger partial charge in [-0.25, -0.2) is 0 Å². The van der Waals surface area contributed by atoms with E-state index in [1.165, 1.54) is 0 Å². The molecule has 0 spiro atoms. The number of carbonyl (C=O) groups excluding carboxylic acids is 2. The van der Waals surface area contributed by atoms with Gasteiger partial charge in [0, 0.05) is 39.2 Å². The van der Waals surface area contributed by atoms with Gasteiger partial charge in [0.2, 0.25) is 0 Å². The molecule has 0 bridgehead atoms. The van der Waals surface area contributed by atoms with Crippen LogP contribution in [0.2, 0.25) is 0 Å². The highest BCUT2D eigenvalue weighted by Crippen LogP contribution is 2.51. The van der Waals surface area contributed by atoms with Crippen molar-refractivity contribution in [3.63, 3.8) is 0 Å². The van der Waals surface area contributed by atoms with Gasteiger partial charge in [-0.3, -0.25) is 14.6 Å². The van der Waals surface area contributed by atoms with Crippen LogP contribution >= 0.6 is 15.9 Å². The maximum atomic E-state index is 13.4. The summed E-state index contributed by atoms with van der Waals surface area (Å²) in [6.07, 6.45) is 1.26. The number of allylic oxidation sites excluding steroid dienone is 2. The fourth-order valence-corrected chi connectivity index (χ4v) is 5.18. The minimum atomic E-state index is -0.414. The normalized spacial score (nSPS) is 25.2. The first kappa shape index (κ1) is 17.7. The number of aliphatic imine (C=N–C) groups is 1. The minimum Gasteiger partial charge on any atom is -0.294 e. The maximum Gasteiger partial charge on any atom is 0.173 e. The fraction of sp³-hybridized carbons (Fsp3) is 0.292. The molecule has 0 unspecified atom stereocenters. The van der Waals surface area contributed by atoms with Crippen LogP contribution in [0.15, 0.2) is 69.3 Å². The van der Waals surface area contributed by atoms with E-state index in [2.05, 4.69) is 29.8 Å². The predicted molar refractivity (Wildman–Crippen MR) is 113 cm³/mol. The van der Waals surface area contributed by atoms with Gasteiger partial charge in [0.25, 0.3) is 0 Å². The second kappa shape index (κ2) is 6.08. The molecule has 0 saturated carbocycles. The SMILES string of the molecule is CC1(C)CC(=O)C2=C(C1)N=C1c3ccccc3C(=O)[C@H]1[C@@H]2c1ccc(Br)cc1. The van der Waals surface area contributed by atoms with Crippen molar-refractivity contribution >= 4 is 33.2 Å². The lowest BCUT2D eigenvalue weighted by atomic mass is 9.66. The number of hydrogen-bond acceptors (Lipinski definition) is 3. The number of nitrogens with zero attached hydrogens (tertiary/aromatic N) is 1. The van der Waals surface area contributed by atoms with Crippen LogP contribution in [0, 0.1) is 11.3 Å². The van der Waals surface area contributed by atoms with Crippen molar-refractivity contribution in [2.24, 2.45) is 16.3 Å². The largest absolute Gasteiger partial charge is 0.294 e. The zero-order valence-electron chi connectivity index (χ0n) is 15.8. The summed E-state index contributed by atoms with van der Waals surface area (Å²) in [7, 11) is 0. The fourth-order valence-electron chi connectivity index (χ4n) is 4.92. The third-order valence-electron chi connectivity index (χ3n) is 6.07. The van der Waals surface area contributed by atoms with E-state index < -0.39 is 5.92 Å². The molecule has 0 radical (unpaired) electrons. The zero-order valence-corrected chi connectivity index (χ0v) is 17.4. The number of Topliss-reactive ketones (excluding diaryl/α,β-unsaturated/α-hetero) is 2. The summed E-state index contributed by atoms with van der Waals surface area (Å²) < 4.78 is 0.979. The third kappa shape index (κ3) is 2.58. The predicted octanol–water partition coefficient (Wildman–Crippen LogP) is 5.49. The number of fused-ring (bicyclic) bond motifs is 3. The Kier molecular flexibility index (Phi) is 3.86. The summed E-state index contributed by atoms with van der Waals surface area (Å²) >= 11 is 3.49. The molecule has 0 aromatic heterocycles. The van der Waals surface area contributed by atoms with Gasteiger partial charge in [-0.15, -0.1) is 0 Å². The molecule has 3 aliphatic rings. The molecule has 2 aromatic rings. The van der Waals surface area contributed by atoms with Crippen molar-refractivity contribution < 1.29 is 9.59 Å². The van der Waals surface area contributed by atoms with Crippen molar-refractivity contribution in [3.8, 4) is 0 Å². The highest BCUT2D eigenvalue weighted by Gasteiger charge is 2.50. The van der Waals surface area contributed by atoms with Gasteiger partial charge in [0.05, 0.1) is 11.6 Å². The number of benzene rings is 2. The monoisotopic (exact) mass is 433 g/mol. The molecular formula is C24H20BrNO2. The van der Waals surface area contributed by atoms with Crippen LogP contribution in [0.5, 0.6) is 0 Å². The summed E-state index contributed by atoms with van der Waals surface area (Å²) in [4.78, 5) is 31.5. The van der Waals surface area contributed by atoms with Gasteiger partial charge in [-0.05, 0) is 29.5 Å². The lowest BCUT2D eigenvalue weighted by Gasteiger charge is -2.38. The quantitative estimate of drug-likeness (QED) is 0.596. The Morgan fingerprint density at radius 3 is 2.32 bits per heavy atom. The Morgan fingerprint density at radius 1 is 0.929 bits per heavy atom. The lowest BCUT2D eigenvalue weighted by Crippen LogP contribution is -2.37. The van der Waals surface area contributed by atoms with Gasteiger partial charge >= 0.3 is 0 Å². The van der Waals surface area contributed by atoms with Crippen LogP contribution in [0.3, 0.4) is 0 Å². The van der Waals surface area contributed by atoms with Crippen molar-refractivity contribution in [1.82, 2.24) is 0 Å². The number of halogens is 1. The molecule has 5 rings (SSSR count). The molecule has 2 aliphatic carbocycles. The smallest absolute Gasteiger partial charge is 0.173 e. The van der Waals surface area contributed by atoms with E-state index in [0.717, 1.165) is 44.6 Å². The second-order valence-electron chi connectivity index (χ2n) is 8.72. The molecule has 4 heteroatoms. The Labute approximate surface area is 172 Å². The van der Waals surface area contributed by atoms with E-state index in [0.29, 0.717) is 6.42 Å². The lowest BCUT2D eigenvalue weighted by molar-refractivity contribution is -0.118. The summed E-state index contributed by atoms with van der Waals surface area (Å²) in [5.41, 5.74) is 4.97. The molecule has 0 amide bonds. The average Bonchev–Trinajstić information content (AvgIpc) is 2.93. The molecule has 1 heterocycles. The van der Waals surface area contributed by atoms with Crippen LogP contribution in [0.4, 0.5) is 0 Å². The van der Waals surface area contributed by atoms with Gasteiger partial charge < -0.3 is 0 Å². The van der Waals surface area contributed by atoms with E-state index in [4.69, 9.17) is 4.99 Å². The third-order valence-corrected chi connectivity index (χ3v) is 6.60. The molecule has 140 valence electrons. The van der Waals surface area contributed by atoms with Crippen LogP contribution in [0.25, 0.3) is 0 Å². The number of carbonyl (C=O) groups is 2. The van der Waals surface area contributed by atoms with Crippen molar-refractivity contribution in [3.05, 3.63) is 81.0 Å². The first-order valence-electron chi connectivity index (χ1n) is 9.60. The molecule has 3 nitrogen and oxygen atoms in total. The van der Waals surface area contributed by atoms with E-state index in [9.17, 15) is 9.59 Å². The van der Waals surface area contributed by atoms with Crippen molar-refractivity contribution in [1.29, 1.82) is 0 Å². The Hall–Kier alpha value is -2.33. The molecule has 0 saturated heterocycles. The van der Waals surface area contributed by atoms with Gasteiger partial charge in [0.15, 0.2) is 11.6 Å². The summed E-state index contributed by atoms with van der Waals surface area (Å²) in [6.45, 7) is 4.23. The number of rotatable bonds is 1. The average molecular weight is 434 g/mol. The number of hydrogen-bond donors (Lipinski definition) is 0. The molecule has 1 aliphatic heterocycles. The maximum absolute atomic E-state index is 13.4. The van der Waals surface area contributed by atoms with Crippen LogP contribution < -0.4 is 0 Å². The standard InChI is InChI=1S/C24H20BrNO2/c1-24(2)11-17-20(18(27)12-24)19(13-7-9-14(25)10-8-13)21-22(26-17)15-5-3-4-6-16(15)23(21)28/h3-10,19,21H,11-12H2,1-2H3/t19-,21+/m1/s1. The molecule has 2 aromatic carbocycles. The van der Waals surface area contributed by atoms with E-state index in [1.807, 2.05) is 48.5 Å². The van der Waals surface area contributed by atoms with Crippen LogP contribution in [0.1, 0.15) is 54.1 Å². The molecule has 0 fully saturated rings. The highest BCUT2D eigenvalue weighted by atomic mass is 79.9. The van der Waals surface area contributed by atoms with Gasteiger partial charge in [-0.1, -0.05) is 66.2 Å². The Bertz CT molecular complexity index is 1090. The number of ketones is 2. The van der Waals surface area contributed by atoms with E-state index in [-0.39, 0.29) is 22.9 Å². The van der Waals surface area contributed by atoms with Crippen LogP contribution in [-0.2, 0) is 4.79 Å². The molecule has 28 heavy (non-hydrogen) atoms. The Morgan fingerprint density at radius 2 is 1.61 bits per heavy atom. The van der Waals surface area contributed by atoms with Gasteiger partial charge in [0.1, 0.15) is 0 Å². The van der Waals surface area contributed by atoms with E-state index in [1.54, 1.807) is 0 Å². The zero-order chi connectivity index (χ0) is 19.6. The first-order valence-corrected chi connectivity index (χ1v) is 10.4. The first-order chi connectivity index (χ1) is 13.4. The molecule has 0 N–H and O–H groups in total. The highest BCUT2D eigenvalue weighted by molar-refractivity contribution is 9.10. The minimum absolute atomic E-state index is 0.0754. The van der Waals surface area contributed by atoms with Crippen molar-refractivity contribution in [2.75, 3.05) is 0 Å². The summed E-state index contributed by atoms with van der Waals surface area (Å²) in [5, 5.41) is 0. The van der Waals surface area contributed by atoms with Gasteiger partial charge in [-0.2, -0.15) is 0 Å². The second-order valence-corrected chi connectivity index (χ2v) is 9.63. The van der Waals surface area contributed by atoms with E-state index >= 15 is 0 Å². The summed E-state index contributed by atoms with van der Waals surface area (Å²) in [6, 6.07) is 15.7. The van der Waals surface area contributed by atoms with Crippen molar-refractivity contribution in [2.45, 2.75) is 32.6 Å².